The molecule has 0 aromatic rings. The largest absolute Gasteiger partial charge is 0.457 e. The van der Waals surface area contributed by atoms with E-state index >= 15 is 0 Å². The zero-order chi connectivity index (χ0) is 44.3. The van der Waals surface area contributed by atoms with Crippen LogP contribution in [0, 0.1) is 0 Å². The lowest BCUT2D eigenvalue weighted by Crippen LogP contribution is -2.59. The van der Waals surface area contributed by atoms with E-state index in [0.717, 1.165) is 103 Å². The minimum atomic E-state index is -1.55. The van der Waals surface area contributed by atoms with Gasteiger partial charge < -0.3 is 39.4 Å². The number of carbonyl (C=O) groups excluding carboxylic acids is 1. The van der Waals surface area contributed by atoms with Gasteiger partial charge in [-0.3, -0.25) is 4.79 Å². The summed E-state index contributed by atoms with van der Waals surface area (Å²) in [5.74, 6) is -0.346. The average Bonchev–Trinajstić information content (AvgIpc) is 3.26. The van der Waals surface area contributed by atoms with Gasteiger partial charge in [-0.15, -0.1) is 0 Å². The van der Waals surface area contributed by atoms with Crippen molar-refractivity contribution in [2.24, 2.45) is 0 Å². The summed E-state index contributed by atoms with van der Waals surface area (Å²) < 4.78 is 22.8. The quantitative estimate of drug-likeness (QED) is 0.0271. The number of carbonyl (C=O) groups is 1. The molecule has 6 unspecified atom stereocenters. The first-order valence-electron chi connectivity index (χ1n) is 23.8. The van der Waals surface area contributed by atoms with E-state index in [4.69, 9.17) is 18.9 Å². The van der Waals surface area contributed by atoms with E-state index in [9.17, 15) is 25.2 Å². The minimum Gasteiger partial charge on any atom is -0.457 e. The molecule has 0 aromatic carbocycles. The number of esters is 1. The number of aliphatic hydroxyl groups is 4. The summed E-state index contributed by atoms with van der Waals surface area (Å²) in [6.07, 6.45) is 51.4. The molecule has 1 heterocycles. The van der Waals surface area contributed by atoms with Crippen LogP contribution in [0.5, 0.6) is 0 Å². The van der Waals surface area contributed by atoms with Gasteiger partial charge in [-0.2, -0.15) is 0 Å². The first-order chi connectivity index (χ1) is 29.9. The van der Waals surface area contributed by atoms with Gasteiger partial charge in [0.25, 0.3) is 0 Å². The van der Waals surface area contributed by atoms with E-state index in [1.807, 2.05) is 0 Å². The molecule has 61 heavy (non-hydrogen) atoms. The lowest BCUT2D eigenvalue weighted by molar-refractivity contribution is -0.305. The fourth-order valence-corrected chi connectivity index (χ4v) is 6.51. The van der Waals surface area contributed by atoms with E-state index in [1.54, 1.807) is 0 Å². The third kappa shape index (κ3) is 33.4. The zero-order valence-electron chi connectivity index (χ0n) is 38.1. The highest BCUT2D eigenvalue weighted by Crippen LogP contribution is 2.22. The topological polar surface area (TPSA) is 135 Å². The van der Waals surface area contributed by atoms with Crippen molar-refractivity contribution in [2.75, 3.05) is 26.4 Å². The summed E-state index contributed by atoms with van der Waals surface area (Å²) >= 11 is 0. The number of hydrogen-bond donors (Lipinski definition) is 4. The summed E-state index contributed by atoms with van der Waals surface area (Å²) in [4.78, 5) is 12.8. The number of aliphatic hydroxyl groups excluding tert-OH is 4. The van der Waals surface area contributed by atoms with Crippen LogP contribution in [0.15, 0.2) is 97.2 Å². The Bertz CT molecular complexity index is 1250. The Kier molecular flexibility index (Phi) is 39.0. The van der Waals surface area contributed by atoms with Gasteiger partial charge in [0.05, 0.1) is 19.8 Å². The Balaban J connectivity index is 2.28. The molecular weight excluding hydrogens is 769 g/mol. The number of rotatable bonds is 39. The highest BCUT2D eigenvalue weighted by atomic mass is 16.7. The van der Waals surface area contributed by atoms with Crippen molar-refractivity contribution in [2.45, 2.75) is 198 Å². The van der Waals surface area contributed by atoms with Gasteiger partial charge in [0.1, 0.15) is 30.5 Å². The molecule has 0 bridgehead atoms. The van der Waals surface area contributed by atoms with Gasteiger partial charge in [0.2, 0.25) is 0 Å². The molecule has 1 fully saturated rings. The average molecular weight is 855 g/mol. The lowest BCUT2D eigenvalue weighted by Gasteiger charge is -2.39. The van der Waals surface area contributed by atoms with Crippen LogP contribution in [0.1, 0.15) is 162 Å². The maximum atomic E-state index is 12.8. The molecule has 4 N–H and O–H groups in total. The summed E-state index contributed by atoms with van der Waals surface area (Å²) in [6.45, 7) is 4.33. The van der Waals surface area contributed by atoms with Gasteiger partial charge in [0, 0.05) is 13.0 Å². The molecule has 348 valence electrons. The lowest BCUT2D eigenvalue weighted by atomic mass is 9.99. The second-order valence-corrected chi connectivity index (χ2v) is 15.8. The molecule has 0 amide bonds. The number of hydrogen-bond acceptors (Lipinski definition) is 9. The van der Waals surface area contributed by atoms with Crippen molar-refractivity contribution in [1.29, 1.82) is 0 Å². The monoisotopic (exact) mass is 855 g/mol. The van der Waals surface area contributed by atoms with Gasteiger partial charge in [-0.25, -0.2) is 0 Å². The molecule has 0 aromatic heterocycles. The molecule has 0 aliphatic carbocycles. The first kappa shape index (κ1) is 56.1. The van der Waals surface area contributed by atoms with Gasteiger partial charge >= 0.3 is 5.97 Å². The molecule has 1 saturated heterocycles. The first-order valence-corrected chi connectivity index (χ1v) is 23.8. The molecule has 1 aliphatic heterocycles. The van der Waals surface area contributed by atoms with Gasteiger partial charge in [0.15, 0.2) is 6.29 Å². The fraction of sp³-hybridized carbons (Fsp3) is 0.673. The van der Waals surface area contributed by atoms with E-state index in [1.165, 1.54) is 38.5 Å². The number of ether oxygens (including phenoxy) is 4. The van der Waals surface area contributed by atoms with Crippen LogP contribution in [0.25, 0.3) is 0 Å². The maximum absolute atomic E-state index is 12.8. The molecule has 0 spiro atoms. The van der Waals surface area contributed by atoms with Crippen LogP contribution in [0.4, 0.5) is 0 Å². The van der Waals surface area contributed by atoms with Crippen LogP contribution in [0.3, 0.4) is 0 Å². The van der Waals surface area contributed by atoms with Crippen molar-refractivity contribution in [3.05, 3.63) is 97.2 Å². The minimum absolute atomic E-state index is 0.120. The Labute approximate surface area is 371 Å². The predicted molar refractivity (Wildman–Crippen MR) is 251 cm³/mol. The highest BCUT2D eigenvalue weighted by molar-refractivity contribution is 5.69. The Morgan fingerprint density at radius 1 is 0.541 bits per heavy atom. The molecule has 0 radical (unpaired) electrons. The standard InChI is InChI=1S/C52H86O9/c1-3-5-7-9-11-13-15-17-19-20-21-22-23-24-25-26-27-29-31-33-35-37-39-41-48(54)60-46(45-59-52-51(57)50(56)49(55)47(43-53)61-52)44-58-42-40-38-36-34-32-30-28-18-16-14-12-10-8-6-4-2/h5,7,10-13,16-19,21-22,24-25,27,29,46-47,49-53,55-57H,3-4,6,8-9,14-15,20,23,26,28,30-45H2,1-2H3/b7-5-,12-10-,13-11-,18-16-,19-17-,22-21-,25-24-,29-27-. The van der Waals surface area contributed by atoms with Gasteiger partial charge in [-0.05, 0) is 89.9 Å². The van der Waals surface area contributed by atoms with Gasteiger partial charge in [-0.1, -0.05) is 162 Å². The van der Waals surface area contributed by atoms with Crippen LogP contribution < -0.4 is 0 Å². The molecular formula is C52H86O9. The van der Waals surface area contributed by atoms with Crippen LogP contribution in [0.2, 0.25) is 0 Å². The van der Waals surface area contributed by atoms with Crippen molar-refractivity contribution in [3.63, 3.8) is 0 Å². The molecule has 1 rings (SSSR count). The maximum Gasteiger partial charge on any atom is 0.306 e. The van der Waals surface area contributed by atoms with Crippen LogP contribution in [-0.4, -0.2) is 89.6 Å². The summed E-state index contributed by atoms with van der Waals surface area (Å²) in [5, 5.41) is 40.2. The highest BCUT2D eigenvalue weighted by Gasteiger charge is 2.44. The molecule has 6 atom stereocenters. The smallest absolute Gasteiger partial charge is 0.306 e. The zero-order valence-corrected chi connectivity index (χ0v) is 38.1. The Hall–Kier alpha value is -2.89. The van der Waals surface area contributed by atoms with Crippen molar-refractivity contribution in [3.8, 4) is 0 Å². The van der Waals surface area contributed by atoms with Crippen molar-refractivity contribution in [1.82, 2.24) is 0 Å². The Morgan fingerprint density at radius 3 is 1.51 bits per heavy atom. The van der Waals surface area contributed by atoms with Crippen molar-refractivity contribution >= 4 is 5.97 Å². The molecule has 9 nitrogen and oxygen atoms in total. The number of allylic oxidation sites excluding steroid dienone is 16. The van der Waals surface area contributed by atoms with Crippen LogP contribution in [-0.2, 0) is 23.7 Å². The van der Waals surface area contributed by atoms with E-state index in [0.29, 0.717) is 6.61 Å². The fourth-order valence-electron chi connectivity index (χ4n) is 6.51. The summed E-state index contributed by atoms with van der Waals surface area (Å²) in [5.41, 5.74) is 0. The normalized spacial score (nSPS) is 20.8. The number of unbranched alkanes of at least 4 members (excludes halogenated alkanes) is 12. The Morgan fingerprint density at radius 2 is 1.00 bits per heavy atom. The second-order valence-electron chi connectivity index (χ2n) is 15.8. The summed E-state index contributed by atoms with van der Waals surface area (Å²) in [6, 6.07) is 0. The molecule has 1 aliphatic rings. The predicted octanol–water partition coefficient (Wildman–Crippen LogP) is 11.2. The SMILES string of the molecule is CC/C=C\C/C=C\C/C=C\C/C=C\C/C=C\C/C=C\CCCCCCC(=O)OC(COCCCCCCCC/C=C\C/C=C\CCCC)COC1OC(CO)C(O)C(O)C1O. The van der Waals surface area contributed by atoms with E-state index < -0.39 is 43.4 Å². The van der Waals surface area contributed by atoms with Crippen molar-refractivity contribution < 1.29 is 44.2 Å². The third-order valence-electron chi connectivity index (χ3n) is 10.2. The summed E-state index contributed by atoms with van der Waals surface area (Å²) in [7, 11) is 0. The molecule has 9 heteroatoms. The molecule has 0 saturated carbocycles. The third-order valence-corrected chi connectivity index (χ3v) is 10.2. The van der Waals surface area contributed by atoms with E-state index in [-0.39, 0.29) is 25.6 Å². The van der Waals surface area contributed by atoms with Crippen LogP contribution >= 0.6 is 0 Å². The van der Waals surface area contributed by atoms with E-state index in [2.05, 4.69) is 111 Å². The second kappa shape index (κ2) is 42.4.